The van der Waals surface area contributed by atoms with Crippen LogP contribution >= 0.6 is 0 Å². The summed E-state index contributed by atoms with van der Waals surface area (Å²) in [5.74, 6) is -0.111. The summed E-state index contributed by atoms with van der Waals surface area (Å²) in [4.78, 5) is 10.6. The zero-order chi connectivity index (χ0) is 9.68. The first-order valence-electron chi connectivity index (χ1n) is 4.22. The van der Waals surface area contributed by atoms with Crippen LogP contribution in [0.15, 0.2) is 6.07 Å². The molecule has 1 aromatic heterocycles. The second kappa shape index (κ2) is 4.49. The average Bonchev–Trinajstić information content (AvgIpc) is 2.53. The Balaban J connectivity index is 2.44. The average molecular weight is 183 g/mol. The monoisotopic (exact) mass is 183 g/mol. The van der Waals surface area contributed by atoms with E-state index in [1.54, 1.807) is 0 Å². The fraction of sp³-hybridized carbons (Fsp3) is 0.500. The molecular weight excluding hydrogens is 170 g/mol. The Hall–Kier alpha value is -1.52. The molecule has 0 spiro atoms. The number of nitrogens with zero attached hydrogens (tertiary/aromatic N) is 1. The molecule has 0 radical (unpaired) electrons. The number of hydrogen-bond donors (Lipinski definition) is 2. The van der Waals surface area contributed by atoms with Crippen LogP contribution in [0.2, 0.25) is 0 Å². The van der Waals surface area contributed by atoms with Gasteiger partial charge in [0.1, 0.15) is 5.69 Å². The van der Waals surface area contributed by atoms with Gasteiger partial charge in [-0.05, 0) is 6.42 Å². The Bertz CT molecular complexity index is 283. The van der Waals surface area contributed by atoms with Gasteiger partial charge in [0.15, 0.2) is 0 Å². The molecule has 13 heavy (non-hydrogen) atoms. The van der Waals surface area contributed by atoms with Crippen molar-refractivity contribution in [1.82, 2.24) is 10.2 Å². The Morgan fingerprint density at radius 1 is 1.77 bits per heavy atom. The van der Waals surface area contributed by atoms with Crippen molar-refractivity contribution >= 4 is 5.91 Å². The number of aromatic nitrogens is 2. The summed E-state index contributed by atoms with van der Waals surface area (Å²) in [5, 5.41) is 6.24. The minimum Gasteiger partial charge on any atom is -0.477 e. The number of carbonyl (C=O) groups is 1. The molecule has 0 aromatic carbocycles. The summed E-state index contributed by atoms with van der Waals surface area (Å²) >= 11 is 0. The quantitative estimate of drug-likeness (QED) is 0.659. The number of H-pyrrole nitrogens is 1. The lowest BCUT2D eigenvalue weighted by molar-refractivity contribution is 0.0995. The van der Waals surface area contributed by atoms with Gasteiger partial charge in [0.2, 0.25) is 5.88 Å². The van der Waals surface area contributed by atoms with Crippen molar-refractivity contribution in [2.75, 3.05) is 6.61 Å². The SMILES string of the molecule is CCCCOc1cc(C(N)=O)[nH]n1. The van der Waals surface area contributed by atoms with E-state index in [4.69, 9.17) is 10.5 Å². The molecule has 0 atom stereocenters. The molecule has 0 aliphatic rings. The van der Waals surface area contributed by atoms with Crippen LogP contribution in [-0.4, -0.2) is 22.7 Å². The van der Waals surface area contributed by atoms with Crippen LogP contribution in [0.4, 0.5) is 0 Å². The number of rotatable bonds is 5. The molecule has 1 aromatic rings. The van der Waals surface area contributed by atoms with Gasteiger partial charge in [-0.3, -0.25) is 9.89 Å². The summed E-state index contributed by atoms with van der Waals surface area (Å²) in [6, 6.07) is 1.50. The lowest BCUT2D eigenvalue weighted by Gasteiger charge is -1.98. The standard InChI is InChI=1S/C8H13N3O2/c1-2-3-4-13-7-5-6(8(9)12)10-11-7/h5H,2-4H2,1H3,(H2,9,12)(H,10,11). The Labute approximate surface area is 76.3 Å². The van der Waals surface area contributed by atoms with E-state index in [0.29, 0.717) is 12.5 Å². The van der Waals surface area contributed by atoms with E-state index in [2.05, 4.69) is 17.1 Å². The molecule has 0 saturated heterocycles. The van der Waals surface area contributed by atoms with Gasteiger partial charge in [0.25, 0.3) is 5.91 Å². The van der Waals surface area contributed by atoms with Crippen molar-refractivity contribution in [2.45, 2.75) is 19.8 Å². The van der Waals surface area contributed by atoms with Gasteiger partial charge >= 0.3 is 0 Å². The fourth-order valence-electron chi connectivity index (χ4n) is 0.825. The van der Waals surface area contributed by atoms with Crippen LogP contribution in [-0.2, 0) is 0 Å². The van der Waals surface area contributed by atoms with Crippen molar-refractivity contribution in [3.8, 4) is 5.88 Å². The predicted octanol–water partition coefficient (Wildman–Crippen LogP) is 0.688. The summed E-state index contributed by atoms with van der Waals surface area (Å²) in [7, 11) is 0. The molecule has 0 saturated carbocycles. The number of nitrogens with two attached hydrogens (primary N) is 1. The number of aromatic amines is 1. The Kier molecular flexibility index (Phi) is 3.31. The molecule has 1 heterocycles. The van der Waals surface area contributed by atoms with Gasteiger partial charge in [0, 0.05) is 6.07 Å². The smallest absolute Gasteiger partial charge is 0.266 e. The number of ether oxygens (including phenoxy) is 1. The van der Waals surface area contributed by atoms with Crippen molar-refractivity contribution in [2.24, 2.45) is 5.73 Å². The third kappa shape index (κ3) is 2.77. The van der Waals surface area contributed by atoms with Gasteiger partial charge in [0.05, 0.1) is 6.61 Å². The van der Waals surface area contributed by atoms with E-state index < -0.39 is 5.91 Å². The highest BCUT2D eigenvalue weighted by molar-refractivity contribution is 5.90. The van der Waals surface area contributed by atoms with E-state index in [9.17, 15) is 4.79 Å². The Morgan fingerprint density at radius 2 is 2.54 bits per heavy atom. The number of primary amides is 1. The maximum Gasteiger partial charge on any atom is 0.266 e. The highest BCUT2D eigenvalue weighted by Gasteiger charge is 2.05. The van der Waals surface area contributed by atoms with Crippen molar-refractivity contribution in [3.63, 3.8) is 0 Å². The van der Waals surface area contributed by atoms with Crippen molar-refractivity contribution in [3.05, 3.63) is 11.8 Å². The second-order valence-electron chi connectivity index (χ2n) is 2.69. The first kappa shape index (κ1) is 9.57. The third-order valence-electron chi connectivity index (χ3n) is 1.57. The summed E-state index contributed by atoms with van der Waals surface area (Å²) in [5.41, 5.74) is 5.29. The first-order valence-corrected chi connectivity index (χ1v) is 4.22. The van der Waals surface area contributed by atoms with Gasteiger partial charge in [-0.2, -0.15) is 0 Å². The normalized spacial score (nSPS) is 9.92. The molecule has 0 fully saturated rings. The topological polar surface area (TPSA) is 81.0 Å². The van der Waals surface area contributed by atoms with Gasteiger partial charge in [-0.25, -0.2) is 0 Å². The van der Waals surface area contributed by atoms with Gasteiger partial charge < -0.3 is 10.5 Å². The number of unbranched alkanes of at least 4 members (excludes halogenated alkanes) is 1. The molecule has 72 valence electrons. The van der Waals surface area contributed by atoms with Crippen LogP contribution in [0.1, 0.15) is 30.3 Å². The Morgan fingerprint density at radius 3 is 3.08 bits per heavy atom. The van der Waals surface area contributed by atoms with E-state index in [1.807, 2.05) is 0 Å². The maximum atomic E-state index is 10.6. The fourth-order valence-corrected chi connectivity index (χ4v) is 0.825. The highest BCUT2D eigenvalue weighted by Crippen LogP contribution is 2.07. The molecular formula is C8H13N3O2. The molecule has 5 nitrogen and oxygen atoms in total. The maximum absolute atomic E-state index is 10.6. The highest BCUT2D eigenvalue weighted by atomic mass is 16.5. The molecule has 0 aliphatic heterocycles. The first-order chi connectivity index (χ1) is 6.24. The van der Waals surface area contributed by atoms with Gasteiger partial charge in [-0.15, -0.1) is 5.10 Å². The number of amides is 1. The molecule has 0 bridgehead atoms. The lowest BCUT2D eigenvalue weighted by Crippen LogP contribution is -2.10. The second-order valence-corrected chi connectivity index (χ2v) is 2.69. The summed E-state index contributed by atoms with van der Waals surface area (Å²) < 4.78 is 5.23. The predicted molar refractivity (Wildman–Crippen MR) is 47.5 cm³/mol. The van der Waals surface area contributed by atoms with Crippen LogP contribution in [0, 0.1) is 0 Å². The summed E-state index contributed by atoms with van der Waals surface area (Å²) in [6.07, 6.45) is 2.03. The molecule has 0 aliphatic carbocycles. The van der Waals surface area contributed by atoms with Crippen LogP contribution < -0.4 is 10.5 Å². The van der Waals surface area contributed by atoms with E-state index in [1.165, 1.54) is 6.07 Å². The van der Waals surface area contributed by atoms with Crippen LogP contribution in [0.25, 0.3) is 0 Å². The molecule has 1 rings (SSSR count). The molecule has 3 N–H and O–H groups in total. The summed E-state index contributed by atoms with van der Waals surface area (Å²) in [6.45, 7) is 2.68. The zero-order valence-electron chi connectivity index (χ0n) is 7.54. The molecule has 0 unspecified atom stereocenters. The van der Waals surface area contributed by atoms with Gasteiger partial charge in [-0.1, -0.05) is 13.3 Å². The molecule has 1 amide bonds. The van der Waals surface area contributed by atoms with Crippen molar-refractivity contribution in [1.29, 1.82) is 0 Å². The molecule has 5 heteroatoms. The number of carbonyl (C=O) groups excluding carboxylic acids is 1. The van der Waals surface area contributed by atoms with Crippen molar-refractivity contribution < 1.29 is 9.53 Å². The minimum atomic E-state index is -0.530. The minimum absolute atomic E-state index is 0.270. The number of hydrogen-bond acceptors (Lipinski definition) is 3. The van der Waals surface area contributed by atoms with Crippen LogP contribution in [0.5, 0.6) is 5.88 Å². The lowest BCUT2D eigenvalue weighted by atomic mass is 10.4. The van der Waals surface area contributed by atoms with E-state index in [-0.39, 0.29) is 5.69 Å². The van der Waals surface area contributed by atoms with E-state index >= 15 is 0 Å². The zero-order valence-corrected chi connectivity index (χ0v) is 7.54. The number of nitrogens with one attached hydrogen (secondary N) is 1. The van der Waals surface area contributed by atoms with Crippen LogP contribution in [0.3, 0.4) is 0 Å². The largest absolute Gasteiger partial charge is 0.477 e. The third-order valence-corrected chi connectivity index (χ3v) is 1.57. The van der Waals surface area contributed by atoms with E-state index in [0.717, 1.165) is 12.8 Å².